The van der Waals surface area contributed by atoms with Gasteiger partial charge >= 0.3 is 0 Å². The summed E-state index contributed by atoms with van der Waals surface area (Å²) in [5.41, 5.74) is 0.794. The van der Waals surface area contributed by atoms with Crippen molar-refractivity contribution in [3.63, 3.8) is 0 Å². The summed E-state index contributed by atoms with van der Waals surface area (Å²) < 4.78 is 1.65. The van der Waals surface area contributed by atoms with Crippen LogP contribution in [0.2, 0.25) is 5.02 Å². The maximum absolute atomic E-state index is 5.91. The minimum atomic E-state index is 0.639. The summed E-state index contributed by atoms with van der Waals surface area (Å²) in [7, 11) is 1.87. The standard InChI is InChI=1S/C8H10ClN5S/c1-5-6(9)4-14(13-5)8-12-11-7(15-8)3-10-2/h4,10H,3H2,1-2H3. The zero-order valence-corrected chi connectivity index (χ0v) is 9.93. The Morgan fingerprint density at radius 1 is 1.53 bits per heavy atom. The first-order chi connectivity index (χ1) is 7.20. The van der Waals surface area contributed by atoms with Gasteiger partial charge in [0.2, 0.25) is 5.13 Å². The molecule has 0 radical (unpaired) electrons. The predicted molar refractivity (Wildman–Crippen MR) is 59.5 cm³/mol. The third-order valence-corrected chi connectivity index (χ3v) is 3.10. The SMILES string of the molecule is CNCc1nnc(-n2cc(Cl)c(C)n2)s1. The van der Waals surface area contributed by atoms with Crippen molar-refractivity contribution in [1.29, 1.82) is 0 Å². The van der Waals surface area contributed by atoms with Crippen molar-refractivity contribution in [3.8, 4) is 5.13 Å². The number of hydrogen-bond acceptors (Lipinski definition) is 5. The van der Waals surface area contributed by atoms with Crippen LogP contribution in [0.25, 0.3) is 5.13 Å². The lowest BCUT2D eigenvalue weighted by atomic mass is 10.5. The zero-order valence-electron chi connectivity index (χ0n) is 8.36. The van der Waals surface area contributed by atoms with E-state index in [9.17, 15) is 0 Å². The Balaban J connectivity index is 2.28. The van der Waals surface area contributed by atoms with E-state index in [1.54, 1.807) is 10.9 Å². The molecule has 7 heteroatoms. The summed E-state index contributed by atoms with van der Waals surface area (Å²) in [6.07, 6.45) is 1.74. The van der Waals surface area contributed by atoms with Crippen LogP contribution < -0.4 is 5.32 Å². The molecule has 2 aromatic rings. The number of nitrogens with zero attached hydrogens (tertiary/aromatic N) is 4. The molecule has 0 saturated carbocycles. The summed E-state index contributed by atoms with van der Waals surface area (Å²) in [5, 5.41) is 17.6. The number of aromatic nitrogens is 4. The van der Waals surface area contributed by atoms with Gasteiger partial charge in [0, 0.05) is 6.54 Å². The molecule has 1 N–H and O–H groups in total. The van der Waals surface area contributed by atoms with Crippen molar-refractivity contribution >= 4 is 22.9 Å². The highest BCUT2D eigenvalue weighted by Crippen LogP contribution is 2.18. The first-order valence-electron chi connectivity index (χ1n) is 4.40. The topological polar surface area (TPSA) is 55.6 Å². The molecule has 2 heterocycles. The number of hydrogen-bond donors (Lipinski definition) is 1. The van der Waals surface area contributed by atoms with Gasteiger partial charge in [-0.05, 0) is 14.0 Å². The highest BCUT2D eigenvalue weighted by atomic mass is 35.5. The molecule has 2 rings (SSSR count). The van der Waals surface area contributed by atoms with Gasteiger partial charge in [-0.2, -0.15) is 5.10 Å². The minimum Gasteiger partial charge on any atom is -0.313 e. The van der Waals surface area contributed by atoms with Crippen LogP contribution in [0.4, 0.5) is 0 Å². The van der Waals surface area contributed by atoms with Crippen molar-refractivity contribution in [3.05, 3.63) is 21.9 Å². The van der Waals surface area contributed by atoms with Gasteiger partial charge in [0.15, 0.2) is 0 Å². The van der Waals surface area contributed by atoms with E-state index in [1.165, 1.54) is 11.3 Å². The Hall–Kier alpha value is -0.980. The van der Waals surface area contributed by atoms with Crippen molar-refractivity contribution in [2.45, 2.75) is 13.5 Å². The highest BCUT2D eigenvalue weighted by molar-refractivity contribution is 7.13. The zero-order chi connectivity index (χ0) is 10.8. The molecule has 15 heavy (non-hydrogen) atoms. The third-order valence-electron chi connectivity index (χ3n) is 1.82. The van der Waals surface area contributed by atoms with Gasteiger partial charge in [-0.1, -0.05) is 22.9 Å². The number of rotatable bonds is 3. The van der Waals surface area contributed by atoms with Crippen LogP contribution in [0.3, 0.4) is 0 Å². The lowest BCUT2D eigenvalue weighted by Gasteiger charge is -1.91. The molecule has 2 aromatic heterocycles. The first kappa shape index (κ1) is 10.5. The summed E-state index contributed by atoms with van der Waals surface area (Å²) in [4.78, 5) is 0. The molecule has 0 atom stereocenters. The van der Waals surface area contributed by atoms with Gasteiger partial charge < -0.3 is 5.32 Å². The van der Waals surface area contributed by atoms with Crippen molar-refractivity contribution in [2.75, 3.05) is 7.05 Å². The third kappa shape index (κ3) is 2.17. The fourth-order valence-electron chi connectivity index (χ4n) is 1.10. The van der Waals surface area contributed by atoms with Gasteiger partial charge in [-0.15, -0.1) is 10.2 Å². The largest absolute Gasteiger partial charge is 0.313 e. The van der Waals surface area contributed by atoms with Gasteiger partial charge in [0.1, 0.15) is 5.01 Å². The molecule has 0 aliphatic heterocycles. The summed E-state index contributed by atoms with van der Waals surface area (Å²) in [5.74, 6) is 0. The van der Waals surface area contributed by atoms with E-state index in [-0.39, 0.29) is 0 Å². The average molecular weight is 244 g/mol. The van der Waals surface area contributed by atoms with E-state index in [2.05, 4.69) is 20.6 Å². The summed E-state index contributed by atoms with van der Waals surface area (Å²) >= 11 is 7.40. The second-order valence-electron chi connectivity index (χ2n) is 3.02. The Bertz CT molecular complexity index is 444. The summed E-state index contributed by atoms with van der Waals surface area (Å²) in [6.45, 7) is 2.57. The second-order valence-corrected chi connectivity index (χ2v) is 4.46. The molecular weight excluding hydrogens is 234 g/mol. The Labute approximate surface area is 96.1 Å². The molecule has 0 fully saturated rings. The van der Waals surface area contributed by atoms with Crippen LogP contribution in [0, 0.1) is 6.92 Å². The quantitative estimate of drug-likeness (QED) is 0.886. The average Bonchev–Trinajstić information content (AvgIpc) is 2.76. The fraction of sp³-hybridized carbons (Fsp3) is 0.375. The van der Waals surface area contributed by atoms with E-state index < -0.39 is 0 Å². The smallest absolute Gasteiger partial charge is 0.232 e. The molecule has 0 unspecified atom stereocenters. The lowest BCUT2D eigenvalue weighted by Crippen LogP contribution is -2.04. The van der Waals surface area contributed by atoms with Crippen LogP contribution in [0.1, 0.15) is 10.7 Å². The van der Waals surface area contributed by atoms with Crippen LogP contribution in [0.5, 0.6) is 0 Å². The maximum atomic E-state index is 5.91. The monoisotopic (exact) mass is 243 g/mol. The minimum absolute atomic E-state index is 0.639. The van der Waals surface area contributed by atoms with Crippen LogP contribution in [-0.2, 0) is 6.54 Å². The molecule has 5 nitrogen and oxygen atoms in total. The van der Waals surface area contributed by atoms with E-state index in [1.807, 2.05) is 14.0 Å². The highest BCUT2D eigenvalue weighted by Gasteiger charge is 2.08. The van der Waals surface area contributed by atoms with Gasteiger partial charge in [0.25, 0.3) is 0 Å². The first-order valence-corrected chi connectivity index (χ1v) is 5.59. The Kier molecular flexibility index (Phi) is 2.99. The molecule has 0 saturated heterocycles. The molecule has 0 spiro atoms. The van der Waals surface area contributed by atoms with Gasteiger partial charge in [-0.3, -0.25) is 0 Å². The fourth-order valence-corrected chi connectivity index (χ4v) is 2.00. The van der Waals surface area contributed by atoms with Crippen LogP contribution in [0.15, 0.2) is 6.20 Å². The van der Waals surface area contributed by atoms with Gasteiger partial charge in [-0.25, -0.2) is 4.68 Å². The number of nitrogens with one attached hydrogen (secondary N) is 1. The van der Waals surface area contributed by atoms with Crippen molar-refractivity contribution in [1.82, 2.24) is 25.3 Å². The Morgan fingerprint density at radius 3 is 2.93 bits per heavy atom. The number of halogens is 1. The van der Waals surface area contributed by atoms with Crippen molar-refractivity contribution < 1.29 is 0 Å². The van der Waals surface area contributed by atoms with Crippen LogP contribution in [-0.4, -0.2) is 27.0 Å². The molecule has 0 bridgehead atoms. The van der Waals surface area contributed by atoms with E-state index in [0.29, 0.717) is 11.6 Å². The van der Waals surface area contributed by atoms with Crippen molar-refractivity contribution in [2.24, 2.45) is 0 Å². The van der Waals surface area contributed by atoms with E-state index >= 15 is 0 Å². The molecule has 0 aliphatic rings. The normalized spacial score (nSPS) is 10.9. The molecule has 0 aromatic carbocycles. The molecule has 80 valence electrons. The second kappa shape index (κ2) is 4.26. The molecular formula is C8H10ClN5S. The van der Waals surface area contributed by atoms with E-state index in [0.717, 1.165) is 15.8 Å². The summed E-state index contributed by atoms with van der Waals surface area (Å²) in [6, 6.07) is 0. The lowest BCUT2D eigenvalue weighted by molar-refractivity contribution is 0.783. The molecule has 0 amide bonds. The Morgan fingerprint density at radius 2 is 2.33 bits per heavy atom. The van der Waals surface area contributed by atoms with Gasteiger partial charge in [0.05, 0.1) is 16.9 Å². The van der Waals surface area contributed by atoms with E-state index in [4.69, 9.17) is 11.6 Å². The number of aryl methyl sites for hydroxylation is 1. The maximum Gasteiger partial charge on any atom is 0.232 e. The van der Waals surface area contributed by atoms with Crippen LogP contribution >= 0.6 is 22.9 Å². The molecule has 0 aliphatic carbocycles. The predicted octanol–water partition coefficient (Wildman–Crippen LogP) is 1.41.